The topological polar surface area (TPSA) is 92.9 Å². The maximum absolute atomic E-state index is 13.2. The number of carbonyl (C=O) groups is 1. The van der Waals surface area contributed by atoms with Crippen molar-refractivity contribution in [2.24, 2.45) is 0 Å². The zero-order valence-corrected chi connectivity index (χ0v) is 12.6. The van der Waals surface area contributed by atoms with Gasteiger partial charge in [0.25, 0.3) is 0 Å². The summed E-state index contributed by atoms with van der Waals surface area (Å²) in [6, 6.07) is 5.75. The molecule has 1 fully saturated rings. The van der Waals surface area contributed by atoms with Crippen molar-refractivity contribution in [2.45, 2.75) is 18.9 Å². The first-order valence-corrected chi connectivity index (χ1v) is 7.53. The number of nitrogens with one attached hydrogen (secondary N) is 2. The molecule has 1 aromatic carbocycles. The summed E-state index contributed by atoms with van der Waals surface area (Å²) in [5, 5.41) is 6.50. The van der Waals surface area contributed by atoms with Crippen molar-refractivity contribution in [3.05, 3.63) is 47.4 Å². The van der Waals surface area contributed by atoms with Crippen LogP contribution < -0.4 is 16.4 Å². The third-order valence-electron chi connectivity index (χ3n) is 3.82. The molecule has 1 aromatic heterocycles. The number of halogens is 1. The summed E-state index contributed by atoms with van der Waals surface area (Å²) in [5.74, 6) is -0.370. The molecule has 2 heterocycles. The van der Waals surface area contributed by atoms with Crippen LogP contribution in [0.3, 0.4) is 0 Å². The monoisotopic (exact) mass is 315 g/mol. The molecule has 23 heavy (non-hydrogen) atoms. The van der Waals surface area contributed by atoms with Crippen molar-refractivity contribution in [3.63, 3.8) is 0 Å². The van der Waals surface area contributed by atoms with Crippen LogP contribution >= 0.6 is 0 Å². The van der Waals surface area contributed by atoms with E-state index in [1.54, 1.807) is 0 Å². The SMILES string of the molecule is Nc1nc(NC2CCNCC2)ncc1C(=O)c1cccc(F)c1. The quantitative estimate of drug-likeness (QED) is 0.742. The van der Waals surface area contributed by atoms with E-state index in [4.69, 9.17) is 5.73 Å². The van der Waals surface area contributed by atoms with Crippen molar-refractivity contribution in [1.82, 2.24) is 15.3 Å². The van der Waals surface area contributed by atoms with Crippen LogP contribution in [0.2, 0.25) is 0 Å². The highest BCUT2D eigenvalue weighted by atomic mass is 19.1. The molecule has 3 rings (SSSR count). The molecule has 0 atom stereocenters. The first kappa shape index (κ1) is 15.4. The molecule has 0 saturated carbocycles. The van der Waals surface area contributed by atoms with Gasteiger partial charge in [-0.15, -0.1) is 0 Å². The van der Waals surface area contributed by atoms with Crippen LogP contribution in [0.15, 0.2) is 30.5 Å². The molecule has 0 bridgehead atoms. The number of carbonyl (C=O) groups excluding carboxylic acids is 1. The Morgan fingerprint density at radius 3 is 2.83 bits per heavy atom. The van der Waals surface area contributed by atoms with Gasteiger partial charge in [-0.2, -0.15) is 4.98 Å². The summed E-state index contributed by atoms with van der Waals surface area (Å²) < 4.78 is 13.2. The maximum Gasteiger partial charge on any atom is 0.224 e. The van der Waals surface area contributed by atoms with Crippen LogP contribution in [0.25, 0.3) is 0 Å². The van der Waals surface area contributed by atoms with E-state index in [0.29, 0.717) is 12.0 Å². The number of nitrogens with zero attached hydrogens (tertiary/aromatic N) is 2. The van der Waals surface area contributed by atoms with E-state index < -0.39 is 11.6 Å². The zero-order chi connectivity index (χ0) is 16.2. The maximum atomic E-state index is 13.2. The van der Waals surface area contributed by atoms with Crippen LogP contribution in [-0.2, 0) is 0 Å². The summed E-state index contributed by atoms with van der Waals surface area (Å²) >= 11 is 0. The number of rotatable bonds is 4. The van der Waals surface area contributed by atoms with Crippen molar-refractivity contribution >= 4 is 17.5 Å². The van der Waals surface area contributed by atoms with Crippen LogP contribution in [0.4, 0.5) is 16.2 Å². The van der Waals surface area contributed by atoms with Crippen LogP contribution in [-0.4, -0.2) is 34.9 Å². The van der Waals surface area contributed by atoms with Crippen molar-refractivity contribution in [1.29, 1.82) is 0 Å². The molecule has 120 valence electrons. The average molecular weight is 315 g/mol. The average Bonchev–Trinajstić information content (AvgIpc) is 2.55. The third kappa shape index (κ3) is 3.62. The standard InChI is InChI=1S/C16H18FN5O/c17-11-3-1-2-10(8-11)14(23)13-9-20-16(22-15(13)18)21-12-4-6-19-7-5-12/h1-3,8-9,12,19H,4-7H2,(H3,18,20,21,22). The number of anilines is 2. The summed E-state index contributed by atoms with van der Waals surface area (Å²) in [4.78, 5) is 20.7. The highest BCUT2D eigenvalue weighted by molar-refractivity contribution is 6.11. The molecule has 1 aliphatic rings. The normalized spacial score (nSPS) is 15.3. The molecule has 0 unspecified atom stereocenters. The van der Waals surface area contributed by atoms with Gasteiger partial charge >= 0.3 is 0 Å². The minimum Gasteiger partial charge on any atom is -0.383 e. The van der Waals surface area contributed by atoms with Gasteiger partial charge in [0.2, 0.25) is 5.95 Å². The van der Waals surface area contributed by atoms with E-state index in [1.165, 1.54) is 30.5 Å². The van der Waals surface area contributed by atoms with Crippen LogP contribution in [0.5, 0.6) is 0 Å². The second-order valence-corrected chi connectivity index (χ2v) is 5.50. The van der Waals surface area contributed by atoms with E-state index in [9.17, 15) is 9.18 Å². The van der Waals surface area contributed by atoms with Gasteiger partial charge in [0.1, 0.15) is 11.6 Å². The molecule has 0 aliphatic carbocycles. The fraction of sp³-hybridized carbons (Fsp3) is 0.312. The van der Waals surface area contributed by atoms with Gasteiger partial charge in [-0.05, 0) is 38.1 Å². The van der Waals surface area contributed by atoms with Gasteiger partial charge in [0.15, 0.2) is 5.78 Å². The molecule has 4 N–H and O–H groups in total. The second-order valence-electron chi connectivity index (χ2n) is 5.50. The largest absolute Gasteiger partial charge is 0.383 e. The Bertz CT molecular complexity index is 715. The molecule has 2 aromatic rings. The van der Waals surface area contributed by atoms with Gasteiger partial charge in [-0.1, -0.05) is 12.1 Å². The number of piperidine rings is 1. The van der Waals surface area contributed by atoms with Gasteiger partial charge < -0.3 is 16.4 Å². The predicted octanol–water partition coefficient (Wildman–Crippen LogP) is 1.59. The van der Waals surface area contributed by atoms with Crippen LogP contribution in [0.1, 0.15) is 28.8 Å². The molecular formula is C16H18FN5O. The summed E-state index contributed by atoms with van der Waals surface area (Å²) in [6.07, 6.45) is 3.35. The van der Waals surface area contributed by atoms with E-state index in [-0.39, 0.29) is 16.9 Å². The van der Waals surface area contributed by atoms with E-state index in [2.05, 4.69) is 20.6 Å². The Morgan fingerprint density at radius 1 is 1.35 bits per heavy atom. The number of nitrogen functional groups attached to an aromatic ring is 1. The third-order valence-corrected chi connectivity index (χ3v) is 3.82. The molecule has 7 heteroatoms. The van der Waals surface area contributed by atoms with Gasteiger partial charge in [0, 0.05) is 17.8 Å². The number of nitrogens with two attached hydrogens (primary N) is 1. The summed E-state index contributed by atoms with van der Waals surface area (Å²) in [5.41, 5.74) is 6.28. The molecule has 0 amide bonds. The Hall–Kier alpha value is -2.54. The van der Waals surface area contributed by atoms with Gasteiger partial charge in [-0.25, -0.2) is 9.37 Å². The molecule has 1 aliphatic heterocycles. The molecule has 6 nitrogen and oxygen atoms in total. The highest BCUT2D eigenvalue weighted by Crippen LogP contribution is 2.17. The van der Waals surface area contributed by atoms with Crippen molar-refractivity contribution in [2.75, 3.05) is 24.1 Å². The van der Waals surface area contributed by atoms with Crippen molar-refractivity contribution < 1.29 is 9.18 Å². The first-order chi connectivity index (χ1) is 11.1. The lowest BCUT2D eigenvalue weighted by molar-refractivity contribution is 0.103. The molecule has 1 saturated heterocycles. The van der Waals surface area contributed by atoms with Gasteiger partial charge in [-0.3, -0.25) is 4.79 Å². The van der Waals surface area contributed by atoms with Gasteiger partial charge in [0.05, 0.1) is 5.56 Å². The lowest BCUT2D eigenvalue weighted by Gasteiger charge is -2.23. The van der Waals surface area contributed by atoms with Crippen molar-refractivity contribution in [3.8, 4) is 0 Å². The van der Waals surface area contributed by atoms with E-state index >= 15 is 0 Å². The number of hydrogen-bond donors (Lipinski definition) is 3. The number of aromatic nitrogens is 2. The molecule has 0 spiro atoms. The zero-order valence-electron chi connectivity index (χ0n) is 12.6. The Kier molecular flexibility index (Phi) is 4.47. The fourth-order valence-corrected chi connectivity index (χ4v) is 2.57. The Morgan fingerprint density at radius 2 is 2.13 bits per heavy atom. The lowest BCUT2D eigenvalue weighted by atomic mass is 10.1. The number of hydrogen-bond acceptors (Lipinski definition) is 6. The van der Waals surface area contributed by atoms with E-state index in [0.717, 1.165) is 25.9 Å². The number of benzene rings is 1. The lowest BCUT2D eigenvalue weighted by Crippen LogP contribution is -2.35. The van der Waals surface area contributed by atoms with Crippen LogP contribution in [0, 0.1) is 5.82 Å². The minimum atomic E-state index is -0.473. The minimum absolute atomic E-state index is 0.0886. The number of ketones is 1. The predicted molar refractivity (Wildman–Crippen MR) is 85.8 cm³/mol. The summed E-state index contributed by atoms with van der Waals surface area (Å²) in [6.45, 7) is 1.90. The highest BCUT2D eigenvalue weighted by Gasteiger charge is 2.17. The first-order valence-electron chi connectivity index (χ1n) is 7.53. The second kappa shape index (κ2) is 6.70. The van der Waals surface area contributed by atoms with E-state index in [1.807, 2.05) is 0 Å². The smallest absolute Gasteiger partial charge is 0.224 e. The Labute approximate surface area is 133 Å². The molecular weight excluding hydrogens is 297 g/mol. The molecule has 0 radical (unpaired) electrons. The fourth-order valence-electron chi connectivity index (χ4n) is 2.57. The Balaban J connectivity index is 1.77. The summed E-state index contributed by atoms with van der Waals surface area (Å²) in [7, 11) is 0.